The molecule has 3 rings (SSSR count). The van der Waals surface area contributed by atoms with Crippen LogP contribution in [0.15, 0.2) is 17.3 Å². The van der Waals surface area contributed by atoms with E-state index in [4.69, 9.17) is 5.73 Å². The molecule has 31 heavy (non-hydrogen) atoms. The summed E-state index contributed by atoms with van der Waals surface area (Å²) in [5.74, 6) is -0.175. The average molecular weight is 435 g/mol. The molecule has 166 valence electrons. The van der Waals surface area contributed by atoms with E-state index >= 15 is 0 Å². The van der Waals surface area contributed by atoms with Crippen molar-refractivity contribution in [1.29, 1.82) is 5.26 Å². The summed E-state index contributed by atoms with van der Waals surface area (Å²) < 4.78 is 40.8. The molecule has 1 amide bonds. The lowest BCUT2D eigenvalue weighted by Gasteiger charge is -2.33. The van der Waals surface area contributed by atoms with Crippen molar-refractivity contribution in [3.8, 4) is 6.07 Å². The molecule has 0 saturated carbocycles. The topological polar surface area (TPSA) is 102 Å². The van der Waals surface area contributed by atoms with Crippen LogP contribution in [-0.4, -0.2) is 79.8 Å². The lowest BCUT2D eigenvalue weighted by molar-refractivity contribution is -0.137. The standard InChI is InChI=1S/C20H24F3N7O/c1-28-5-7-29(8-6-28)18(31)13-26-12-14(10-24)17-9-16(20(21,22)23)15(11-25)19(27-17)30-3-2-4-30/h9-10,12H,2-8,13,24H2,1H3. The number of carbonyl (C=O) groups excluding carboxylic acids is 1. The van der Waals surface area contributed by atoms with Gasteiger partial charge >= 0.3 is 6.18 Å². The minimum atomic E-state index is -4.73. The van der Waals surface area contributed by atoms with E-state index in [-0.39, 0.29) is 29.5 Å². The Balaban J connectivity index is 1.83. The molecule has 0 radical (unpaired) electrons. The van der Waals surface area contributed by atoms with Crippen LogP contribution in [0.4, 0.5) is 19.0 Å². The van der Waals surface area contributed by atoms with E-state index in [2.05, 4.69) is 14.9 Å². The fourth-order valence-electron chi connectivity index (χ4n) is 3.34. The third-order valence-corrected chi connectivity index (χ3v) is 5.36. The zero-order valence-corrected chi connectivity index (χ0v) is 17.2. The molecule has 0 bridgehead atoms. The predicted molar refractivity (Wildman–Crippen MR) is 110 cm³/mol. The Hall–Kier alpha value is -3.13. The van der Waals surface area contributed by atoms with Gasteiger partial charge in [0.25, 0.3) is 0 Å². The molecule has 0 unspecified atom stereocenters. The number of pyridine rings is 1. The summed E-state index contributed by atoms with van der Waals surface area (Å²) in [6, 6.07) is 2.44. The molecule has 2 aliphatic heterocycles. The Morgan fingerprint density at radius 1 is 1.29 bits per heavy atom. The second-order valence-electron chi connectivity index (χ2n) is 7.48. The number of likely N-dealkylation sites (N-methyl/N-ethyl adjacent to an activating group) is 1. The van der Waals surface area contributed by atoms with Crippen molar-refractivity contribution < 1.29 is 18.0 Å². The van der Waals surface area contributed by atoms with Gasteiger partial charge in [0.05, 0.1) is 11.3 Å². The summed E-state index contributed by atoms with van der Waals surface area (Å²) in [6.45, 7) is 3.68. The summed E-state index contributed by atoms with van der Waals surface area (Å²) in [7, 11) is 1.98. The molecule has 0 aliphatic carbocycles. The Morgan fingerprint density at radius 3 is 2.48 bits per heavy atom. The summed E-state index contributed by atoms with van der Waals surface area (Å²) in [5.41, 5.74) is 4.15. The fraction of sp³-hybridized carbons (Fsp3) is 0.500. The largest absolute Gasteiger partial charge is 0.417 e. The van der Waals surface area contributed by atoms with Crippen molar-refractivity contribution in [1.82, 2.24) is 14.8 Å². The van der Waals surface area contributed by atoms with Gasteiger partial charge in [-0.2, -0.15) is 18.4 Å². The molecule has 3 heterocycles. The van der Waals surface area contributed by atoms with Gasteiger partial charge in [-0.3, -0.25) is 9.79 Å². The first kappa shape index (κ1) is 22.6. The first-order chi connectivity index (χ1) is 14.7. The van der Waals surface area contributed by atoms with Crippen LogP contribution in [0, 0.1) is 11.3 Å². The van der Waals surface area contributed by atoms with Crippen LogP contribution in [-0.2, 0) is 11.0 Å². The monoisotopic (exact) mass is 435 g/mol. The molecule has 2 fully saturated rings. The summed E-state index contributed by atoms with van der Waals surface area (Å²) in [6.07, 6.45) is -1.56. The number of carbonyl (C=O) groups is 1. The van der Waals surface area contributed by atoms with Gasteiger partial charge < -0.3 is 20.4 Å². The number of nitriles is 1. The van der Waals surface area contributed by atoms with Crippen LogP contribution in [0.25, 0.3) is 5.57 Å². The minimum absolute atomic E-state index is 0.0140. The van der Waals surface area contributed by atoms with Crippen molar-refractivity contribution in [3.63, 3.8) is 0 Å². The number of aromatic nitrogens is 1. The molecule has 8 nitrogen and oxygen atoms in total. The summed E-state index contributed by atoms with van der Waals surface area (Å²) in [4.78, 5) is 26.1. The number of halogens is 3. The van der Waals surface area contributed by atoms with E-state index in [1.54, 1.807) is 15.9 Å². The number of hydrogen-bond acceptors (Lipinski definition) is 7. The second kappa shape index (κ2) is 9.34. The Kier molecular flexibility index (Phi) is 6.80. The van der Waals surface area contributed by atoms with Crippen molar-refractivity contribution in [3.05, 3.63) is 29.1 Å². The Bertz CT molecular complexity index is 924. The maximum Gasteiger partial charge on any atom is 0.417 e. The SMILES string of the molecule is CN1CCN(C(=O)CN=CC(=CN)c2cc(C(F)(F)F)c(C#N)c(N3CCC3)n2)CC1. The van der Waals surface area contributed by atoms with E-state index in [9.17, 15) is 23.2 Å². The number of amides is 1. The normalized spacial score (nSPS) is 18.2. The number of allylic oxidation sites excluding steroid dienone is 1. The van der Waals surface area contributed by atoms with Crippen molar-refractivity contribution in [2.24, 2.45) is 10.7 Å². The van der Waals surface area contributed by atoms with E-state index in [0.29, 0.717) is 26.2 Å². The lowest BCUT2D eigenvalue weighted by atomic mass is 10.0. The van der Waals surface area contributed by atoms with Gasteiger partial charge in [0.2, 0.25) is 5.91 Å². The number of anilines is 1. The van der Waals surface area contributed by atoms with Crippen molar-refractivity contribution in [2.45, 2.75) is 12.6 Å². The molecular weight excluding hydrogens is 411 g/mol. The maximum absolute atomic E-state index is 13.6. The molecule has 0 spiro atoms. The molecule has 11 heteroatoms. The highest BCUT2D eigenvalue weighted by atomic mass is 19.4. The van der Waals surface area contributed by atoms with E-state index < -0.39 is 17.3 Å². The number of nitrogens with two attached hydrogens (primary N) is 1. The predicted octanol–water partition coefficient (Wildman–Crippen LogP) is 1.33. The number of nitrogens with zero attached hydrogens (tertiary/aromatic N) is 6. The Morgan fingerprint density at radius 2 is 1.97 bits per heavy atom. The highest BCUT2D eigenvalue weighted by Crippen LogP contribution is 2.37. The van der Waals surface area contributed by atoms with Crippen LogP contribution in [0.3, 0.4) is 0 Å². The molecular formula is C20H24F3N7O. The van der Waals surface area contributed by atoms with Crippen LogP contribution in [0.5, 0.6) is 0 Å². The molecule has 2 N–H and O–H groups in total. The van der Waals surface area contributed by atoms with Crippen molar-refractivity contribution >= 4 is 23.5 Å². The minimum Gasteiger partial charge on any atom is -0.404 e. The van der Waals surface area contributed by atoms with Gasteiger partial charge in [0, 0.05) is 57.3 Å². The summed E-state index contributed by atoms with van der Waals surface area (Å²) in [5, 5.41) is 9.33. The van der Waals surface area contributed by atoms with Gasteiger partial charge in [-0.15, -0.1) is 0 Å². The fourth-order valence-corrected chi connectivity index (χ4v) is 3.34. The highest BCUT2D eigenvalue weighted by Gasteiger charge is 2.37. The third-order valence-electron chi connectivity index (χ3n) is 5.36. The highest BCUT2D eigenvalue weighted by molar-refractivity contribution is 6.09. The molecule has 0 atom stereocenters. The second-order valence-corrected chi connectivity index (χ2v) is 7.48. The van der Waals surface area contributed by atoms with Gasteiger partial charge in [0.1, 0.15) is 24.0 Å². The first-order valence-electron chi connectivity index (χ1n) is 9.90. The molecule has 1 aromatic heterocycles. The number of aliphatic imine (C=N–C) groups is 1. The van der Waals surface area contributed by atoms with Crippen LogP contribution in [0.2, 0.25) is 0 Å². The van der Waals surface area contributed by atoms with Gasteiger partial charge in [-0.1, -0.05) is 0 Å². The molecule has 2 saturated heterocycles. The van der Waals surface area contributed by atoms with Gasteiger partial charge in [0.15, 0.2) is 0 Å². The van der Waals surface area contributed by atoms with Crippen molar-refractivity contribution in [2.75, 3.05) is 57.8 Å². The number of hydrogen-bond donors (Lipinski definition) is 1. The van der Waals surface area contributed by atoms with Crippen LogP contribution < -0.4 is 10.6 Å². The first-order valence-corrected chi connectivity index (χ1v) is 9.90. The smallest absolute Gasteiger partial charge is 0.404 e. The number of piperazine rings is 1. The van der Waals surface area contributed by atoms with Crippen LogP contribution in [0.1, 0.15) is 23.2 Å². The Labute approximate surface area is 178 Å². The number of alkyl halides is 3. The van der Waals surface area contributed by atoms with E-state index in [0.717, 1.165) is 31.8 Å². The number of rotatable bonds is 5. The zero-order valence-electron chi connectivity index (χ0n) is 17.2. The zero-order chi connectivity index (χ0) is 22.6. The molecule has 2 aliphatic rings. The quantitative estimate of drug-likeness (QED) is 0.700. The average Bonchev–Trinajstić information content (AvgIpc) is 2.69. The maximum atomic E-state index is 13.6. The lowest BCUT2D eigenvalue weighted by Crippen LogP contribution is -2.47. The summed E-state index contributed by atoms with van der Waals surface area (Å²) >= 11 is 0. The van der Waals surface area contributed by atoms with E-state index in [1.807, 2.05) is 7.05 Å². The third kappa shape index (κ3) is 5.14. The molecule has 1 aromatic rings. The van der Waals surface area contributed by atoms with Gasteiger partial charge in [-0.25, -0.2) is 4.98 Å². The van der Waals surface area contributed by atoms with Crippen LogP contribution >= 0.6 is 0 Å². The molecule has 0 aromatic carbocycles. The van der Waals surface area contributed by atoms with Gasteiger partial charge in [-0.05, 0) is 19.5 Å². The van der Waals surface area contributed by atoms with E-state index in [1.165, 1.54) is 6.21 Å².